The molecule has 0 bridgehead atoms. The molecule has 11 nitrogen and oxygen atoms in total. The number of aryl methyl sites for hydroxylation is 3. The van der Waals surface area contributed by atoms with Crippen LogP contribution < -0.4 is 48.4 Å². The fourth-order valence-electron chi connectivity index (χ4n) is 8.52. The summed E-state index contributed by atoms with van der Waals surface area (Å²) in [7, 11) is 3.93. The second-order valence-electron chi connectivity index (χ2n) is 16.8. The fourth-order valence-corrected chi connectivity index (χ4v) is 13.9. The Kier molecular flexibility index (Phi) is 14.4. The van der Waals surface area contributed by atoms with Crippen molar-refractivity contribution in [3.8, 4) is 0 Å². The summed E-state index contributed by atoms with van der Waals surface area (Å²) in [4.78, 5) is 33.1. The zero-order valence-electron chi connectivity index (χ0n) is 40.2. The third-order valence-electron chi connectivity index (χ3n) is 12.4. The van der Waals surface area contributed by atoms with Gasteiger partial charge in [-0.05, 0) is 87.0 Å². The minimum atomic E-state index is -4.27. The molecule has 0 fully saturated rings. The van der Waals surface area contributed by atoms with Crippen LogP contribution in [0.1, 0.15) is 30.7 Å². The van der Waals surface area contributed by atoms with E-state index in [2.05, 4.69) is 142 Å². The Morgan fingerprint density at radius 2 is 1.11 bits per heavy atom. The molecular weight excluding hydrogens is 985 g/mol. The van der Waals surface area contributed by atoms with E-state index in [1.165, 1.54) is 43.7 Å². The minimum Gasteiger partial charge on any atom is -0.744 e. The highest BCUT2D eigenvalue weighted by molar-refractivity contribution is 8.09. The Morgan fingerprint density at radius 3 is 1.66 bits per heavy atom. The van der Waals surface area contributed by atoms with Gasteiger partial charge in [-0.3, -0.25) is 18.7 Å². The summed E-state index contributed by atoms with van der Waals surface area (Å²) in [5, 5.41) is 4.41. The maximum Gasteiger partial charge on any atom is 0.271 e. The summed E-state index contributed by atoms with van der Waals surface area (Å²) in [6.45, 7) is 7.17. The molecule has 0 aliphatic carbocycles. The summed E-state index contributed by atoms with van der Waals surface area (Å²) in [6.07, 6.45) is 6.34. The normalized spacial score (nSPS) is 15.2. The molecule has 0 saturated carbocycles. The molecule has 11 rings (SSSR count). The minimum absolute atomic E-state index is 0.0827. The molecule has 0 N–H and O–H groups in total. The van der Waals surface area contributed by atoms with Crippen molar-refractivity contribution in [3.05, 3.63) is 202 Å². The van der Waals surface area contributed by atoms with E-state index >= 15 is 0 Å². The van der Waals surface area contributed by atoms with E-state index in [1.807, 2.05) is 68.3 Å². The number of fused-ring (bicyclic) bond motifs is 4. The van der Waals surface area contributed by atoms with Gasteiger partial charge in [-0.15, -0.1) is 22.7 Å². The molecule has 5 aromatic carbocycles. The molecule has 9 aromatic rings. The van der Waals surface area contributed by atoms with Crippen LogP contribution in [-0.2, 0) is 37.3 Å². The largest absolute Gasteiger partial charge is 0.744 e. The van der Waals surface area contributed by atoms with Gasteiger partial charge >= 0.3 is 0 Å². The number of thiazole rings is 2. The van der Waals surface area contributed by atoms with Gasteiger partial charge in [0.25, 0.3) is 11.1 Å². The van der Waals surface area contributed by atoms with Crippen LogP contribution in [0.2, 0.25) is 0 Å². The lowest BCUT2D eigenvalue weighted by molar-refractivity contribution is -0.646. The quantitative estimate of drug-likeness (QED) is 0.133. The molecule has 0 atom stereocenters. The Balaban J connectivity index is 0.000000146. The van der Waals surface area contributed by atoms with Crippen LogP contribution in [0.5, 0.6) is 0 Å². The van der Waals surface area contributed by atoms with Crippen LogP contribution in [0.3, 0.4) is 0 Å². The molecule has 6 heterocycles. The average Bonchev–Trinajstić information content (AvgIpc) is 4.09. The van der Waals surface area contributed by atoms with Crippen molar-refractivity contribution in [1.82, 2.24) is 9.13 Å². The third-order valence-corrected chi connectivity index (χ3v) is 18.2. The first-order valence-electron chi connectivity index (χ1n) is 22.9. The maximum absolute atomic E-state index is 13.3. The predicted octanol–water partition coefficient (Wildman–Crippen LogP) is 6.99. The summed E-state index contributed by atoms with van der Waals surface area (Å²) in [5.41, 5.74) is 7.94. The molecule has 0 unspecified atom stereocenters. The first-order valence-corrected chi connectivity index (χ1v) is 27.5. The number of nitrogens with zero attached hydrogens (tertiary/aromatic N) is 6. The van der Waals surface area contributed by atoms with E-state index in [1.54, 1.807) is 58.3 Å². The number of pyridine rings is 2. The molecule has 4 aromatic heterocycles. The molecule has 0 amide bonds. The van der Waals surface area contributed by atoms with Gasteiger partial charge in [0.2, 0.25) is 16.7 Å². The SMILES string of the molecule is CCn1c(=O)/c(=C2\Sc3ccccc3N2C)s/c1=C\c1cc[n+](C)c2ccccc12.CCn1c(=O)/c(=C2\Sc3ccccc3N2C)s/c1=C\c1ccc2ccccc2[n+]1C.Cc1ccc(S(=O)(=O)[O-])cc1. The van der Waals surface area contributed by atoms with Gasteiger partial charge in [0.05, 0.1) is 26.3 Å². The first kappa shape index (κ1) is 49.5. The lowest BCUT2D eigenvalue weighted by atomic mass is 10.1. The number of hydrogen-bond donors (Lipinski definition) is 0. The van der Waals surface area contributed by atoms with Crippen LogP contribution in [0, 0.1) is 6.92 Å². The van der Waals surface area contributed by atoms with Crippen LogP contribution in [0.25, 0.3) is 44.0 Å². The van der Waals surface area contributed by atoms with Crippen molar-refractivity contribution < 1.29 is 22.1 Å². The standard InChI is InChI=1S/2C24H22N3OS2.C7H8O3S/c1-4-27-21(15-16-13-14-25(2)18-10-6-5-9-17(16)18)30-22(23(27)28)24-26(3)19-11-7-8-12-20(19)29-24;1-4-27-21(15-17-14-13-16-9-5-6-10-18(16)25(17)2)30-22(23(27)28)24-26(3)19-11-7-8-12-20(19)29-24;1-6-2-4-7(5-3-6)11(8,9)10/h2*5-15H,4H2,1-3H3;2-5H,1H3,(H,8,9,10)/q2*+1;/p-1/b2*24-22+;. The fraction of sp³-hybridized carbons (Fsp3) is 0.164. The second-order valence-corrected chi connectivity index (χ2v) is 22.3. The van der Waals surface area contributed by atoms with Crippen LogP contribution in [-0.4, -0.2) is 36.2 Å². The Labute approximate surface area is 428 Å². The highest BCUT2D eigenvalue weighted by Gasteiger charge is 2.26. The van der Waals surface area contributed by atoms with Crippen LogP contribution in [0.4, 0.5) is 11.4 Å². The maximum atomic E-state index is 13.3. The van der Waals surface area contributed by atoms with E-state index in [0.29, 0.717) is 13.1 Å². The van der Waals surface area contributed by atoms with Gasteiger partial charge in [0.1, 0.15) is 48.0 Å². The molecule has 360 valence electrons. The lowest BCUT2D eigenvalue weighted by Crippen LogP contribution is -2.35. The van der Waals surface area contributed by atoms with Gasteiger partial charge in [0, 0.05) is 72.7 Å². The molecular formula is C55H51N6O5S5+. The highest BCUT2D eigenvalue weighted by atomic mass is 32.2. The van der Waals surface area contributed by atoms with E-state index < -0.39 is 10.1 Å². The molecule has 2 aliphatic heterocycles. The molecule has 0 spiro atoms. The Hall–Kier alpha value is -6.53. The Morgan fingerprint density at radius 1 is 0.606 bits per heavy atom. The van der Waals surface area contributed by atoms with Gasteiger partial charge < -0.3 is 14.4 Å². The van der Waals surface area contributed by atoms with E-state index in [0.717, 1.165) is 56.6 Å². The summed E-state index contributed by atoms with van der Waals surface area (Å²) in [6, 6.07) is 45.4. The number of anilines is 2. The summed E-state index contributed by atoms with van der Waals surface area (Å²) < 4.78 is 42.8. The van der Waals surface area contributed by atoms with E-state index in [9.17, 15) is 22.6 Å². The van der Waals surface area contributed by atoms with Crippen molar-refractivity contribution in [1.29, 1.82) is 0 Å². The zero-order chi connectivity index (χ0) is 50.1. The molecule has 2 aliphatic rings. The number of hydrogen-bond acceptors (Lipinski definition) is 11. The average molecular weight is 1040 g/mol. The first-order chi connectivity index (χ1) is 34.2. The monoisotopic (exact) mass is 1040 g/mol. The van der Waals surface area contributed by atoms with Crippen LogP contribution >= 0.6 is 46.2 Å². The molecule has 71 heavy (non-hydrogen) atoms. The second kappa shape index (κ2) is 20.7. The summed E-state index contributed by atoms with van der Waals surface area (Å²) >= 11 is 6.51. The Bertz CT molecular complexity index is 4020. The number of rotatable bonds is 5. The molecule has 16 heteroatoms. The molecule has 0 radical (unpaired) electrons. The van der Waals surface area contributed by atoms with Gasteiger partial charge in [-0.2, -0.15) is 4.57 Å². The van der Waals surface area contributed by atoms with Crippen molar-refractivity contribution in [3.63, 3.8) is 0 Å². The van der Waals surface area contributed by atoms with E-state index in [4.69, 9.17) is 0 Å². The third kappa shape index (κ3) is 9.92. The van der Waals surface area contributed by atoms with Gasteiger partial charge in [-0.25, -0.2) is 13.0 Å². The van der Waals surface area contributed by atoms with Crippen molar-refractivity contribution in [2.24, 2.45) is 14.1 Å². The lowest BCUT2D eigenvalue weighted by Gasteiger charge is -2.11. The number of thioether (sulfide) groups is 2. The molecule has 0 saturated heterocycles. The number of benzene rings is 5. The topological polar surface area (TPSA) is 115 Å². The van der Waals surface area contributed by atoms with E-state index in [-0.39, 0.29) is 16.0 Å². The highest BCUT2D eigenvalue weighted by Crippen LogP contribution is 2.46. The van der Waals surface area contributed by atoms with Gasteiger partial charge in [-0.1, -0.05) is 89.8 Å². The van der Waals surface area contributed by atoms with Gasteiger partial charge in [0.15, 0.2) is 6.20 Å². The number of para-hydroxylation sites is 4. The zero-order valence-corrected chi connectivity index (χ0v) is 44.3. The smallest absolute Gasteiger partial charge is 0.271 e. The number of aromatic nitrogens is 4. The van der Waals surface area contributed by atoms with Crippen molar-refractivity contribution in [2.75, 3.05) is 23.9 Å². The van der Waals surface area contributed by atoms with Crippen LogP contribution in [0.15, 0.2) is 170 Å². The summed E-state index contributed by atoms with van der Waals surface area (Å²) in [5.74, 6) is 0. The van der Waals surface area contributed by atoms with Crippen molar-refractivity contribution in [2.45, 2.75) is 48.5 Å². The predicted molar refractivity (Wildman–Crippen MR) is 292 cm³/mol. The van der Waals surface area contributed by atoms with Crippen molar-refractivity contribution >= 4 is 112 Å².